The van der Waals surface area contributed by atoms with Crippen LogP contribution in [0.5, 0.6) is 0 Å². The summed E-state index contributed by atoms with van der Waals surface area (Å²) in [6, 6.07) is 61.9. The number of aromatic nitrogens is 3. The molecule has 6 heteroatoms. The van der Waals surface area contributed by atoms with Gasteiger partial charge in [0.2, 0.25) is 0 Å². The van der Waals surface area contributed by atoms with Gasteiger partial charge in [0.15, 0.2) is 17.5 Å². The van der Waals surface area contributed by atoms with E-state index in [9.17, 15) is 0 Å². The van der Waals surface area contributed by atoms with Crippen LogP contribution in [0.3, 0.4) is 0 Å². The number of rotatable bonds is 5. The number of furan rings is 1. The van der Waals surface area contributed by atoms with E-state index in [1.54, 1.807) is 11.3 Å². The lowest BCUT2D eigenvalue weighted by Crippen LogP contribution is -2.00. The average molecular weight is 764 g/mol. The third-order valence-corrected chi connectivity index (χ3v) is 13.4. The molecule has 0 aliphatic heterocycles. The molecule has 4 aromatic heterocycles. The molecule has 0 unspecified atom stereocenters. The molecule has 0 spiro atoms. The van der Waals surface area contributed by atoms with Crippen molar-refractivity contribution in [2.24, 2.45) is 0 Å². The van der Waals surface area contributed by atoms with Crippen LogP contribution in [0.25, 0.3) is 119 Å². The minimum atomic E-state index is 0.660. The van der Waals surface area contributed by atoms with Gasteiger partial charge in [-0.3, -0.25) is 0 Å². The standard InChI is InChI=1S/C51H29N3OS2/c1-3-13-30(14-4-1)49-52-50(31-15-5-2-6-16-31)54-51(53-49)40-21-11-20-37-34-26-25-32(29-44(34)57-47(37)40)33-27-28-36(46-39-18-8-10-24-43(39)56-48(33)46)35-19-12-23-42-45(35)38-17-7-9-22-41(38)55-42/h1-29H. The Hall–Kier alpha value is -6.99. The third kappa shape index (κ3) is 5.15. The molecule has 0 fully saturated rings. The van der Waals surface area contributed by atoms with E-state index < -0.39 is 0 Å². The first-order valence-electron chi connectivity index (χ1n) is 18.9. The monoisotopic (exact) mass is 763 g/mol. The molecular formula is C51H29N3OS2. The molecule has 0 bridgehead atoms. The van der Waals surface area contributed by atoms with Crippen molar-refractivity contribution >= 4 is 85.0 Å². The first kappa shape index (κ1) is 32.3. The lowest BCUT2D eigenvalue weighted by molar-refractivity contribution is 0.669. The van der Waals surface area contributed by atoms with E-state index in [-0.39, 0.29) is 0 Å². The van der Waals surface area contributed by atoms with Crippen LogP contribution < -0.4 is 0 Å². The summed E-state index contributed by atoms with van der Waals surface area (Å²) in [5.41, 5.74) is 9.58. The van der Waals surface area contributed by atoms with Crippen LogP contribution >= 0.6 is 22.7 Å². The van der Waals surface area contributed by atoms with Gasteiger partial charge >= 0.3 is 0 Å². The van der Waals surface area contributed by atoms with Crippen molar-refractivity contribution in [3.05, 3.63) is 176 Å². The van der Waals surface area contributed by atoms with Gasteiger partial charge in [-0.05, 0) is 52.6 Å². The Morgan fingerprint density at radius 3 is 1.74 bits per heavy atom. The van der Waals surface area contributed by atoms with Gasteiger partial charge in [0, 0.05) is 67.8 Å². The molecule has 0 atom stereocenters. The molecule has 0 N–H and O–H groups in total. The van der Waals surface area contributed by atoms with Crippen LogP contribution in [0.1, 0.15) is 0 Å². The molecule has 4 nitrogen and oxygen atoms in total. The Labute approximate surface area is 335 Å². The fourth-order valence-corrected chi connectivity index (χ4v) is 10.9. The summed E-state index contributed by atoms with van der Waals surface area (Å²) < 4.78 is 11.3. The summed E-state index contributed by atoms with van der Waals surface area (Å²) in [6.07, 6.45) is 0. The second-order valence-electron chi connectivity index (χ2n) is 14.3. The first-order valence-corrected chi connectivity index (χ1v) is 20.6. The molecule has 4 heterocycles. The van der Waals surface area contributed by atoms with Crippen molar-refractivity contribution in [3.63, 3.8) is 0 Å². The molecule has 8 aromatic carbocycles. The highest BCUT2D eigenvalue weighted by atomic mass is 32.1. The molecule has 0 radical (unpaired) electrons. The molecule has 0 saturated carbocycles. The normalized spacial score (nSPS) is 11.9. The second-order valence-corrected chi connectivity index (χ2v) is 16.4. The van der Waals surface area contributed by atoms with Crippen molar-refractivity contribution in [2.75, 3.05) is 0 Å². The lowest BCUT2D eigenvalue weighted by atomic mass is 9.92. The predicted octanol–water partition coefficient (Wildman–Crippen LogP) is 14.8. The lowest BCUT2D eigenvalue weighted by Gasteiger charge is -2.11. The number of hydrogen-bond acceptors (Lipinski definition) is 6. The number of nitrogens with zero attached hydrogens (tertiary/aromatic N) is 3. The van der Waals surface area contributed by atoms with Crippen LogP contribution in [-0.2, 0) is 0 Å². The van der Waals surface area contributed by atoms with Crippen LogP contribution in [0, 0.1) is 0 Å². The van der Waals surface area contributed by atoms with Gasteiger partial charge in [-0.15, -0.1) is 22.7 Å². The molecule has 12 rings (SSSR count). The van der Waals surface area contributed by atoms with E-state index in [2.05, 4.69) is 133 Å². The van der Waals surface area contributed by atoms with E-state index in [0.29, 0.717) is 17.5 Å². The zero-order chi connectivity index (χ0) is 37.5. The quantitative estimate of drug-likeness (QED) is 0.175. The van der Waals surface area contributed by atoms with Crippen molar-refractivity contribution in [1.82, 2.24) is 15.0 Å². The smallest absolute Gasteiger partial charge is 0.165 e. The Kier molecular flexibility index (Phi) is 7.24. The molecule has 0 saturated heterocycles. The second kappa shape index (κ2) is 12.8. The maximum Gasteiger partial charge on any atom is 0.165 e. The molecule has 0 aliphatic carbocycles. The number of hydrogen-bond donors (Lipinski definition) is 0. The van der Waals surface area contributed by atoms with Gasteiger partial charge in [0.05, 0.1) is 0 Å². The number of fused-ring (bicyclic) bond motifs is 9. The Morgan fingerprint density at radius 1 is 0.333 bits per heavy atom. The van der Waals surface area contributed by atoms with Crippen LogP contribution in [0.2, 0.25) is 0 Å². The van der Waals surface area contributed by atoms with Crippen LogP contribution in [-0.4, -0.2) is 15.0 Å². The topological polar surface area (TPSA) is 51.8 Å². The summed E-state index contributed by atoms with van der Waals surface area (Å²) in [5, 5.41) is 7.27. The highest BCUT2D eigenvalue weighted by Crippen LogP contribution is 2.48. The molecule has 266 valence electrons. The molecule has 0 amide bonds. The van der Waals surface area contributed by atoms with Crippen molar-refractivity contribution in [3.8, 4) is 56.4 Å². The maximum absolute atomic E-state index is 6.34. The Balaban J connectivity index is 1.04. The first-order chi connectivity index (χ1) is 28.2. The molecule has 0 aliphatic rings. The van der Waals surface area contributed by atoms with Crippen molar-refractivity contribution < 1.29 is 4.42 Å². The summed E-state index contributed by atoms with van der Waals surface area (Å²) in [4.78, 5) is 15.1. The minimum absolute atomic E-state index is 0.660. The zero-order valence-corrected chi connectivity index (χ0v) is 31.9. The highest BCUT2D eigenvalue weighted by Gasteiger charge is 2.21. The van der Waals surface area contributed by atoms with E-state index in [1.165, 1.54) is 57.9 Å². The average Bonchev–Trinajstić information content (AvgIpc) is 3.98. The molecule has 57 heavy (non-hydrogen) atoms. The minimum Gasteiger partial charge on any atom is -0.456 e. The summed E-state index contributed by atoms with van der Waals surface area (Å²) in [5.74, 6) is 1.99. The van der Waals surface area contributed by atoms with E-state index in [0.717, 1.165) is 43.3 Å². The summed E-state index contributed by atoms with van der Waals surface area (Å²) in [6.45, 7) is 0. The van der Waals surface area contributed by atoms with Gasteiger partial charge in [0.1, 0.15) is 11.2 Å². The van der Waals surface area contributed by atoms with Gasteiger partial charge in [-0.25, -0.2) is 15.0 Å². The van der Waals surface area contributed by atoms with Gasteiger partial charge in [-0.2, -0.15) is 0 Å². The van der Waals surface area contributed by atoms with Crippen molar-refractivity contribution in [2.45, 2.75) is 0 Å². The van der Waals surface area contributed by atoms with Gasteiger partial charge in [0.25, 0.3) is 0 Å². The third-order valence-electron chi connectivity index (χ3n) is 11.0. The molecule has 12 aromatic rings. The predicted molar refractivity (Wildman–Crippen MR) is 240 cm³/mol. The van der Waals surface area contributed by atoms with Crippen LogP contribution in [0.4, 0.5) is 0 Å². The fraction of sp³-hybridized carbons (Fsp3) is 0. The highest BCUT2D eigenvalue weighted by molar-refractivity contribution is 7.27. The molecular weight excluding hydrogens is 735 g/mol. The summed E-state index contributed by atoms with van der Waals surface area (Å²) in [7, 11) is 0. The SMILES string of the molecule is c1ccc(-c2nc(-c3ccccc3)nc(-c3cccc4c3sc3cc(-c5ccc(-c6cccc7oc8ccccc8c67)c6c5sc5ccccc56)ccc34)n2)cc1. The van der Waals surface area contributed by atoms with E-state index in [1.807, 2.05) is 53.8 Å². The van der Waals surface area contributed by atoms with E-state index >= 15 is 0 Å². The Morgan fingerprint density at radius 2 is 0.930 bits per heavy atom. The van der Waals surface area contributed by atoms with E-state index in [4.69, 9.17) is 19.4 Å². The fourth-order valence-electron chi connectivity index (χ4n) is 8.35. The summed E-state index contributed by atoms with van der Waals surface area (Å²) >= 11 is 3.67. The number of benzene rings is 8. The largest absolute Gasteiger partial charge is 0.456 e. The van der Waals surface area contributed by atoms with Crippen LogP contribution in [0.15, 0.2) is 180 Å². The Bertz CT molecular complexity index is 3470. The van der Waals surface area contributed by atoms with Gasteiger partial charge < -0.3 is 4.42 Å². The zero-order valence-electron chi connectivity index (χ0n) is 30.3. The number of para-hydroxylation sites is 1. The number of thiophene rings is 2. The van der Waals surface area contributed by atoms with Gasteiger partial charge in [-0.1, -0.05) is 146 Å². The van der Waals surface area contributed by atoms with Crippen molar-refractivity contribution in [1.29, 1.82) is 0 Å². The maximum atomic E-state index is 6.34.